The highest BCUT2D eigenvalue weighted by Crippen LogP contribution is 2.36. The molecule has 2 heterocycles. The molecule has 2 N–H and O–H groups in total. The number of methoxy groups -OCH3 is 1. The lowest BCUT2D eigenvalue weighted by Gasteiger charge is -2.14. The Bertz CT molecular complexity index is 1200. The minimum Gasteiger partial charge on any atom is -0.508 e. The van der Waals surface area contributed by atoms with E-state index in [4.69, 9.17) is 9.47 Å². The van der Waals surface area contributed by atoms with Crippen molar-refractivity contribution >= 4 is 22.4 Å². The first kappa shape index (κ1) is 19.4. The van der Waals surface area contributed by atoms with Gasteiger partial charge in [-0.3, -0.25) is 4.98 Å². The predicted molar refractivity (Wildman–Crippen MR) is 111 cm³/mol. The van der Waals surface area contributed by atoms with E-state index in [9.17, 15) is 9.50 Å². The quantitative estimate of drug-likeness (QED) is 0.487. The number of nitrogens with one attached hydrogen (secondary N) is 1. The van der Waals surface area contributed by atoms with E-state index in [-0.39, 0.29) is 11.4 Å². The average molecular weight is 406 g/mol. The number of ether oxygens (including phenoxy) is 2. The molecule has 0 spiro atoms. The molecule has 0 saturated carbocycles. The van der Waals surface area contributed by atoms with E-state index in [1.165, 1.54) is 25.6 Å². The smallest absolute Gasteiger partial charge is 0.163 e. The van der Waals surface area contributed by atoms with Gasteiger partial charge in [-0.2, -0.15) is 0 Å². The fourth-order valence-electron chi connectivity index (χ4n) is 2.96. The molecule has 0 atom stereocenters. The number of aromatic nitrogens is 3. The van der Waals surface area contributed by atoms with Crippen molar-refractivity contribution in [1.82, 2.24) is 15.0 Å². The van der Waals surface area contributed by atoms with E-state index in [0.29, 0.717) is 40.4 Å². The van der Waals surface area contributed by atoms with Crippen LogP contribution in [0.25, 0.3) is 10.9 Å². The maximum Gasteiger partial charge on any atom is 0.163 e. The lowest BCUT2D eigenvalue weighted by molar-refractivity contribution is 0.285. The Hall–Kier alpha value is -3.94. The van der Waals surface area contributed by atoms with Crippen LogP contribution in [0, 0.1) is 12.7 Å². The summed E-state index contributed by atoms with van der Waals surface area (Å²) >= 11 is 0. The van der Waals surface area contributed by atoms with Crippen molar-refractivity contribution in [2.24, 2.45) is 0 Å². The van der Waals surface area contributed by atoms with Crippen LogP contribution in [0.4, 0.5) is 15.9 Å². The van der Waals surface area contributed by atoms with E-state index in [1.54, 1.807) is 31.5 Å². The lowest BCUT2D eigenvalue weighted by Crippen LogP contribution is -2.01. The topological polar surface area (TPSA) is 89.4 Å². The molecule has 30 heavy (non-hydrogen) atoms. The van der Waals surface area contributed by atoms with Crippen molar-refractivity contribution in [3.63, 3.8) is 0 Å². The predicted octanol–water partition coefficient (Wildman–Crippen LogP) is 4.51. The summed E-state index contributed by atoms with van der Waals surface area (Å²) in [4.78, 5) is 12.5. The fourth-order valence-corrected chi connectivity index (χ4v) is 2.96. The van der Waals surface area contributed by atoms with Gasteiger partial charge in [0.25, 0.3) is 0 Å². The summed E-state index contributed by atoms with van der Waals surface area (Å²) in [7, 11) is 1.54. The number of hydrogen-bond acceptors (Lipinski definition) is 7. The van der Waals surface area contributed by atoms with Gasteiger partial charge >= 0.3 is 0 Å². The van der Waals surface area contributed by atoms with Crippen LogP contribution in [0.15, 0.2) is 55.1 Å². The molecule has 2 aromatic heterocycles. The number of fused-ring (bicyclic) bond motifs is 1. The van der Waals surface area contributed by atoms with Crippen molar-refractivity contribution in [2.45, 2.75) is 13.5 Å². The third-order valence-corrected chi connectivity index (χ3v) is 4.60. The van der Waals surface area contributed by atoms with Gasteiger partial charge in [-0.25, -0.2) is 14.4 Å². The fraction of sp³-hybridized carbons (Fsp3) is 0.136. The van der Waals surface area contributed by atoms with Gasteiger partial charge in [0.15, 0.2) is 11.5 Å². The van der Waals surface area contributed by atoms with Crippen molar-refractivity contribution in [1.29, 1.82) is 0 Å². The van der Waals surface area contributed by atoms with Crippen LogP contribution >= 0.6 is 0 Å². The summed E-state index contributed by atoms with van der Waals surface area (Å²) in [6.45, 7) is 1.97. The number of rotatable bonds is 6. The van der Waals surface area contributed by atoms with Crippen LogP contribution in [0.2, 0.25) is 0 Å². The summed E-state index contributed by atoms with van der Waals surface area (Å²) in [6.07, 6.45) is 4.77. The van der Waals surface area contributed by atoms with E-state index in [1.807, 2.05) is 12.1 Å². The molecule has 0 amide bonds. The van der Waals surface area contributed by atoms with Crippen molar-refractivity contribution in [2.75, 3.05) is 12.4 Å². The van der Waals surface area contributed by atoms with Crippen molar-refractivity contribution < 1.29 is 19.0 Å². The number of halogens is 1. The van der Waals surface area contributed by atoms with Crippen LogP contribution in [0.1, 0.15) is 11.1 Å². The highest BCUT2D eigenvalue weighted by Gasteiger charge is 2.14. The van der Waals surface area contributed by atoms with Crippen molar-refractivity contribution in [3.05, 3.63) is 72.1 Å². The summed E-state index contributed by atoms with van der Waals surface area (Å²) in [6, 6.07) is 9.78. The number of benzene rings is 2. The number of anilines is 2. The molecule has 7 nitrogen and oxygen atoms in total. The number of phenols is 1. The van der Waals surface area contributed by atoms with Crippen molar-refractivity contribution in [3.8, 4) is 17.2 Å². The second-order valence-electron chi connectivity index (χ2n) is 6.63. The molecule has 8 heteroatoms. The minimum atomic E-state index is -0.499. The maximum absolute atomic E-state index is 14.3. The summed E-state index contributed by atoms with van der Waals surface area (Å²) in [5.41, 5.74) is 2.11. The Morgan fingerprint density at radius 2 is 1.87 bits per heavy atom. The van der Waals surface area contributed by atoms with Gasteiger partial charge in [-0.05, 0) is 42.3 Å². The summed E-state index contributed by atoms with van der Waals surface area (Å²) < 4.78 is 25.7. The maximum atomic E-state index is 14.3. The molecular weight excluding hydrogens is 387 g/mol. The second-order valence-corrected chi connectivity index (χ2v) is 6.63. The molecule has 4 rings (SSSR count). The number of pyridine rings is 1. The monoisotopic (exact) mass is 406 g/mol. The Kier molecular flexibility index (Phi) is 5.30. The van der Waals surface area contributed by atoms with Crippen LogP contribution in [-0.4, -0.2) is 27.2 Å². The van der Waals surface area contributed by atoms with Gasteiger partial charge in [-0.15, -0.1) is 0 Å². The molecule has 0 saturated heterocycles. The number of aryl methyl sites for hydroxylation is 1. The number of nitrogens with zero attached hydrogens (tertiary/aromatic N) is 3. The van der Waals surface area contributed by atoms with Gasteiger partial charge in [0.05, 0.1) is 18.3 Å². The lowest BCUT2D eigenvalue weighted by atomic mass is 10.1. The Morgan fingerprint density at radius 3 is 2.63 bits per heavy atom. The zero-order valence-electron chi connectivity index (χ0n) is 16.4. The van der Waals surface area contributed by atoms with E-state index in [2.05, 4.69) is 20.3 Å². The standard InChI is InChI=1S/C22H19FN4O3/c1-13-7-16(23)18(9-19(13)28)27-22-15-8-20(29-2)21(10-17(15)25-12-26-22)30-11-14-3-5-24-6-4-14/h3-10,12,28H,11H2,1-2H3,(H,25,26,27). The van der Waals surface area contributed by atoms with Gasteiger partial charge in [0.1, 0.15) is 30.3 Å². The van der Waals surface area contributed by atoms with Gasteiger partial charge in [0.2, 0.25) is 0 Å². The zero-order chi connectivity index (χ0) is 21.1. The number of hydrogen-bond donors (Lipinski definition) is 2. The highest BCUT2D eigenvalue weighted by atomic mass is 19.1. The molecule has 0 aliphatic rings. The van der Waals surface area contributed by atoms with Gasteiger partial charge in [-0.1, -0.05) is 0 Å². The summed E-state index contributed by atoms with van der Waals surface area (Å²) in [5, 5.41) is 13.4. The molecule has 0 fully saturated rings. The molecule has 152 valence electrons. The SMILES string of the molecule is COc1cc2c(Nc3cc(O)c(C)cc3F)ncnc2cc1OCc1ccncc1. The third kappa shape index (κ3) is 3.93. The van der Waals surface area contributed by atoms with E-state index >= 15 is 0 Å². The third-order valence-electron chi connectivity index (χ3n) is 4.60. The molecule has 0 bridgehead atoms. The number of phenolic OH excluding ortho intramolecular Hbond substituents is 1. The molecule has 0 radical (unpaired) electrons. The van der Waals surface area contributed by atoms with Crippen LogP contribution in [0.5, 0.6) is 17.2 Å². The Balaban J connectivity index is 1.68. The largest absolute Gasteiger partial charge is 0.508 e. The molecule has 0 unspecified atom stereocenters. The molecule has 4 aromatic rings. The average Bonchev–Trinajstić information content (AvgIpc) is 2.76. The normalized spacial score (nSPS) is 10.8. The Morgan fingerprint density at radius 1 is 1.07 bits per heavy atom. The molecular formula is C22H19FN4O3. The second kappa shape index (κ2) is 8.20. The first-order valence-corrected chi connectivity index (χ1v) is 9.15. The molecule has 0 aliphatic heterocycles. The Labute approximate surface area is 172 Å². The van der Waals surface area contributed by atoms with Crippen LogP contribution in [-0.2, 0) is 6.61 Å². The zero-order valence-corrected chi connectivity index (χ0v) is 16.4. The van der Waals surface area contributed by atoms with Crippen LogP contribution in [0.3, 0.4) is 0 Å². The summed E-state index contributed by atoms with van der Waals surface area (Å²) in [5.74, 6) is 0.872. The molecule has 0 aliphatic carbocycles. The first-order chi connectivity index (χ1) is 14.5. The van der Waals surface area contributed by atoms with Crippen LogP contribution < -0.4 is 14.8 Å². The molecule has 2 aromatic carbocycles. The van der Waals surface area contributed by atoms with E-state index in [0.717, 1.165) is 5.56 Å². The minimum absolute atomic E-state index is 0.0124. The van der Waals surface area contributed by atoms with Gasteiger partial charge in [0, 0.05) is 29.9 Å². The van der Waals surface area contributed by atoms with Gasteiger partial charge < -0.3 is 19.9 Å². The first-order valence-electron chi connectivity index (χ1n) is 9.15. The highest BCUT2D eigenvalue weighted by molar-refractivity contribution is 5.93. The number of aromatic hydroxyl groups is 1. The van der Waals surface area contributed by atoms with E-state index < -0.39 is 5.82 Å².